The molecule has 2 saturated carbocycles. The van der Waals surface area contributed by atoms with Crippen molar-refractivity contribution in [3.8, 4) is 0 Å². The van der Waals surface area contributed by atoms with Gasteiger partial charge in [0.2, 0.25) is 0 Å². The Hall–Kier alpha value is -0.0800. The van der Waals surface area contributed by atoms with Crippen LogP contribution in [0.1, 0.15) is 52.4 Å². The van der Waals surface area contributed by atoms with Gasteiger partial charge < -0.3 is 10.1 Å². The van der Waals surface area contributed by atoms with Gasteiger partial charge in [-0.25, -0.2) is 0 Å². The zero-order chi connectivity index (χ0) is 10.7. The summed E-state index contributed by atoms with van der Waals surface area (Å²) in [5.74, 6) is 1.05. The third kappa shape index (κ3) is 3.46. The molecule has 2 aliphatic rings. The van der Waals surface area contributed by atoms with Crippen molar-refractivity contribution in [2.75, 3.05) is 6.61 Å². The molecule has 0 aromatic rings. The van der Waals surface area contributed by atoms with E-state index in [1.165, 1.54) is 38.5 Å². The van der Waals surface area contributed by atoms with Gasteiger partial charge in [0, 0.05) is 18.7 Å². The fraction of sp³-hybridized carbons (Fsp3) is 1.00. The van der Waals surface area contributed by atoms with Gasteiger partial charge in [0.1, 0.15) is 0 Å². The van der Waals surface area contributed by atoms with Crippen LogP contribution < -0.4 is 5.32 Å². The molecule has 0 aromatic heterocycles. The largest absolute Gasteiger partial charge is 0.378 e. The van der Waals surface area contributed by atoms with Crippen LogP contribution >= 0.6 is 0 Å². The summed E-state index contributed by atoms with van der Waals surface area (Å²) < 4.78 is 5.58. The summed E-state index contributed by atoms with van der Waals surface area (Å²) in [6.45, 7) is 5.26. The van der Waals surface area contributed by atoms with E-state index in [0.29, 0.717) is 6.10 Å². The first kappa shape index (κ1) is 11.4. The molecule has 2 rings (SSSR count). The fourth-order valence-electron chi connectivity index (χ4n) is 2.52. The maximum absolute atomic E-state index is 5.58. The van der Waals surface area contributed by atoms with Crippen LogP contribution in [0.4, 0.5) is 0 Å². The molecular formula is C13H25NO. The van der Waals surface area contributed by atoms with E-state index in [1.54, 1.807) is 0 Å². The Labute approximate surface area is 93.8 Å². The molecule has 2 fully saturated rings. The minimum absolute atomic E-state index is 0.547. The second-order valence-electron chi connectivity index (χ2n) is 5.20. The van der Waals surface area contributed by atoms with Crippen LogP contribution in [0.3, 0.4) is 0 Å². The smallest absolute Gasteiger partial charge is 0.0604 e. The lowest BCUT2D eigenvalue weighted by molar-refractivity contribution is -0.0128. The Morgan fingerprint density at radius 3 is 2.53 bits per heavy atom. The molecule has 0 amide bonds. The summed E-state index contributed by atoms with van der Waals surface area (Å²) in [7, 11) is 0. The molecule has 88 valence electrons. The van der Waals surface area contributed by atoms with Crippen molar-refractivity contribution < 1.29 is 4.74 Å². The van der Waals surface area contributed by atoms with Crippen LogP contribution in [0.25, 0.3) is 0 Å². The van der Waals surface area contributed by atoms with Gasteiger partial charge in [0.05, 0.1) is 6.10 Å². The zero-order valence-electron chi connectivity index (χ0n) is 10.2. The van der Waals surface area contributed by atoms with Gasteiger partial charge in [0.25, 0.3) is 0 Å². The molecule has 2 aliphatic carbocycles. The minimum Gasteiger partial charge on any atom is -0.378 e. The van der Waals surface area contributed by atoms with Crippen LogP contribution in [0, 0.1) is 5.92 Å². The molecule has 0 heterocycles. The lowest BCUT2D eigenvalue weighted by Crippen LogP contribution is -2.49. The second-order valence-corrected chi connectivity index (χ2v) is 5.20. The standard InChI is InChI=1S/C13H25NO/c1-3-11(7-10-5-6-10)14-12-8-13(9-12)15-4-2/h10-14H,3-9H2,1-2H3. The van der Waals surface area contributed by atoms with Crippen LogP contribution in [0.2, 0.25) is 0 Å². The first-order valence-electron chi connectivity index (χ1n) is 6.69. The molecular weight excluding hydrogens is 186 g/mol. The van der Waals surface area contributed by atoms with Gasteiger partial charge in [-0.15, -0.1) is 0 Å². The fourth-order valence-corrected chi connectivity index (χ4v) is 2.52. The van der Waals surface area contributed by atoms with Crippen molar-refractivity contribution in [2.45, 2.75) is 70.6 Å². The summed E-state index contributed by atoms with van der Waals surface area (Å²) in [5, 5.41) is 3.78. The molecule has 0 radical (unpaired) electrons. The number of hydrogen-bond donors (Lipinski definition) is 1. The molecule has 0 aliphatic heterocycles. The predicted molar refractivity (Wildman–Crippen MR) is 63.0 cm³/mol. The topological polar surface area (TPSA) is 21.3 Å². The minimum atomic E-state index is 0.547. The van der Waals surface area contributed by atoms with Crippen LogP contribution in [0.5, 0.6) is 0 Å². The molecule has 1 atom stereocenters. The highest BCUT2D eigenvalue weighted by Gasteiger charge is 2.32. The van der Waals surface area contributed by atoms with E-state index < -0.39 is 0 Å². The molecule has 1 unspecified atom stereocenters. The van der Waals surface area contributed by atoms with Crippen LogP contribution in [0.15, 0.2) is 0 Å². The van der Waals surface area contributed by atoms with Crippen molar-refractivity contribution in [3.63, 3.8) is 0 Å². The van der Waals surface area contributed by atoms with Gasteiger partial charge in [0.15, 0.2) is 0 Å². The Kier molecular flexibility index (Phi) is 4.04. The summed E-state index contributed by atoms with van der Waals surface area (Å²) in [4.78, 5) is 0. The lowest BCUT2D eigenvalue weighted by Gasteiger charge is -2.38. The highest BCUT2D eigenvalue weighted by Crippen LogP contribution is 2.34. The SMILES string of the molecule is CCOC1CC(NC(CC)CC2CC2)C1. The maximum Gasteiger partial charge on any atom is 0.0604 e. The third-order valence-electron chi connectivity index (χ3n) is 3.78. The average molecular weight is 211 g/mol. The summed E-state index contributed by atoms with van der Waals surface area (Å²) in [6.07, 6.45) is 8.66. The highest BCUT2D eigenvalue weighted by atomic mass is 16.5. The van der Waals surface area contributed by atoms with Crippen molar-refractivity contribution in [1.29, 1.82) is 0 Å². The number of ether oxygens (including phenoxy) is 1. The molecule has 0 saturated heterocycles. The van der Waals surface area contributed by atoms with Crippen molar-refractivity contribution in [3.05, 3.63) is 0 Å². The average Bonchev–Trinajstić information content (AvgIpc) is 2.97. The van der Waals surface area contributed by atoms with Crippen molar-refractivity contribution in [2.24, 2.45) is 5.92 Å². The van der Waals surface area contributed by atoms with Crippen molar-refractivity contribution >= 4 is 0 Å². The number of hydrogen-bond acceptors (Lipinski definition) is 2. The van der Waals surface area contributed by atoms with E-state index in [9.17, 15) is 0 Å². The first-order chi connectivity index (χ1) is 7.31. The Morgan fingerprint density at radius 2 is 2.00 bits per heavy atom. The van der Waals surface area contributed by atoms with E-state index in [2.05, 4.69) is 19.2 Å². The summed E-state index contributed by atoms with van der Waals surface area (Å²) in [6, 6.07) is 1.51. The third-order valence-corrected chi connectivity index (χ3v) is 3.78. The van der Waals surface area contributed by atoms with E-state index in [4.69, 9.17) is 4.74 Å². The normalized spacial score (nSPS) is 32.4. The molecule has 1 N–H and O–H groups in total. The first-order valence-corrected chi connectivity index (χ1v) is 6.69. The lowest BCUT2D eigenvalue weighted by atomic mass is 9.88. The van der Waals surface area contributed by atoms with E-state index in [-0.39, 0.29) is 0 Å². The van der Waals surface area contributed by atoms with Gasteiger partial charge in [-0.3, -0.25) is 0 Å². The number of rotatable bonds is 7. The Bertz CT molecular complexity index is 185. The number of nitrogens with one attached hydrogen (secondary N) is 1. The quantitative estimate of drug-likeness (QED) is 0.699. The molecule has 15 heavy (non-hydrogen) atoms. The zero-order valence-corrected chi connectivity index (χ0v) is 10.2. The highest BCUT2D eigenvalue weighted by molar-refractivity contribution is 4.89. The molecule has 2 heteroatoms. The van der Waals surface area contributed by atoms with E-state index in [1.807, 2.05) is 0 Å². The monoisotopic (exact) mass is 211 g/mol. The predicted octanol–water partition coefficient (Wildman–Crippen LogP) is 2.72. The summed E-state index contributed by atoms with van der Waals surface area (Å²) >= 11 is 0. The second kappa shape index (κ2) is 5.31. The van der Waals surface area contributed by atoms with Gasteiger partial charge in [-0.2, -0.15) is 0 Å². The molecule has 2 nitrogen and oxygen atoms in total. The van der Waals surface area contributed by atoms with E-state index in [0.717, 1.165) is 24.6 Å². The van der Waals surface area contributed by atoms with Gasteiger partial charge >= 0.3 is 0 Å². The molecule has 0 aromatic carbocycles. The Morgan fingerprint density at radius 1 is 1.27 bits per heavy atom. The maximum atomic E-state index is 5.58. The van der Waals surface area contributed by atoms with Crippen LogP contribution in [-0.4, -0.2) is 24.8 Å². The molecule has 0 bridgehead atoms. The Balaban J connectivity index is 1.59. The van der Waals surface area contributed by atoms with Crippen LogP contribution in [-0.2, 0) is 4.74 Å². The van der Waals surface area contributed by atoms with Gasteiger partial charge in [-0.1, -0.05) is 19.8 Å². The van der Waals surface area contributed by atoms with E-state index >= 15 is 0 Å². The van der Waals surface area contributed by atoms with Crippen molar-refractivity contribution in [1.82, 2.24) is 5.32 Å². The summed E-state index contributed by atoms with van der Waals surface area (Å²) in [5.41, 5.74) is 0. The van der Waals surface area contributed by atoms with Gasteiger partial charge in [-0.05, 0) is 38.5 Å². The molecule has 0 spiro atoms.